The summed E-state index contributed by atoms with van der Waals surface area (Å²) in [7, 11) is 0. The molecule has 5 rings (SSSR count). The van der Waals surface area contributed by atoms with Crippen LogP contribution in [0, 0.1) is 5.82 Å². The minimum Gasteiger partial charge on any atom is -0.478 e. The van der Waals surface area contributed by atoms with Gasteiger partial charge in [-0.2, -0.15) is 0 Å². The van der Waals surface area contributed by atoms with Crippen molar-refractivity contribution >= 4 is 33.9 Å². The van der Waals surface area contributed by atoms with Gasteiger partial charge in [0.2, 0.25) is 0 Å². The predicted octanol–water partition coefficient (Wildman–Crippen LogP) is 8.02. The van der Waals surface area contributed by atoms with Gasteiger partial charge in [-0.3, -0.25) is 4.79 Å². The van der Waals surface area contributed by atoms with Crippen molar-refractivity contribution in [2.45, 2.75) is 39.3 Å². The van der Waals surface area contributed by atoms with Crippen LogP contribution in [0.25, 0.3) is 16.3 Å². The zero-order chi connectivity index (χ0) is 30.5. The second kappa shape index (κ2) is 12.9. The summed E-state index contributed by atoms with van der Waals surface area (Å²) in [5.41, 5.74) is 4.75. The Bertz CT molecular complexity index is 1770. The van der Waals surface area contributed by atoms with E-state index < -0.39 is 11.8 Å². The van der Waals surface area contributed by atoms with Gasteiger partial charge < -0.3 is 15.3 Å². The first-order valence-electron chi connectivity index (χ1n) is 14.4. The number of carboxylic acid groups (broad SMARTS) is 1. The summed E-state index contributed by atoms with van der Waals surface area (Å²) < 4.78 is 15.8. The summed E-state index contributed by atoms with van der Waals surface area (Å²) in [6.07, 6.45) is 6.14. The Balaban J connectivity index is 1.34. The van der Waals surface area contributed by atoms with Gasteiger partial charge in [-0.1, -0.05) is 73.3 Å². The number of carbonyl (C=O) groups excluding carboxylic acids is 1. The van der Waals surface area contributed by atoms with Crippen LogP contribution in [0.4, 0.5) is 10.1 Å². The molecule has 1 amide bonds. The Morgan fingerprint density at radius 3 is 2.60 bits per heavy atom. The molecule has 218 valence electrons. The molecule has 0 bridgehead atoms. The van der Waals surface area contributed by atoms with Gasteiger partial charge in [0.25, 0.3) is 5.91 Å². The van der Waals surface area contributed by atoms with Crippen molar-refractivity contribution in [2.75, 3.05) is 11.4 Å². The van der Waals surface area contributed by atoms with Crippen molar-refractivity contribution < 1.29 is 19.1 Å². The van der Waals surface area contributed by atoms with E-state index in [0.717, 1.165) is 47.0 Å². The van der Waals surface area contributed by atoms with Gasteiger partial charge in [-0.05, 0) is 84.5 Å². The Hall–Kier alpha value is -4.97. The summed E-state index contributed by atoms with van der Waals surface area (Å²) in [5, 5.41) is 15.1. The van der Waals surface area contributed by atoms with Crippen molar-refractivity contribution in [1.29, 1.82) is 0 Å². The number of amides is 1. The van der Waals surface area contributed by atoms with Gasteiger partial charge in [-0.15, -0.1) is 0 Å². The van der Waals surface area contributed by atoms with E-state index in [1.165, 1.54) is 18.2 Å². The number of hydrogen-bond donors (Lipinski definition) is 2. The van der Waals surface area contributed by atoms with E-state index in [1.807, 2.05) is 43.3 Å². The number of hydrogen-bond acceptors (Lipinski definition) is 3. The first kappa shape index (κ1) is 29.5. The van der Waals surface area contributed by atoms with Crippen molar-refractivity contribution in [3.63, 3.8) is 0 Å². The Morgan fingerprint density at radius 2 is 1.84 bits per heavy atom. The molecular weight excluding hydrogens is 539 g/mol. The van der Waals surface area contributed by atoms with E-state index in [9.17, 15) is 14.7 Å². The molecule has 1 aliphatic rings. The number of nitrogens with one attached hydrogen (secondary N) is 1. The number of carboxylic acids is 1. The molecule has 0 unspecified atom stereocenters. The second-order valence-corrected chi connectivity index (χ2v) is 10.9. The summed E-state index contributed by atoms with van der Waals surface area (Å²) in [4.78, 5) is 27.2. The van der Waals surface area contributed by atoms with E-state index in [2.05, 4.69) is 41.1 Å². The fourth-order valence-corrected chi connectivity index (χ4v) is 5.68. The lowest BCUT2D eigenvalue weighted by molar-refractivity contribution is -0.132. The number of carbonyl (C=O) groups is 2. The molecule has 6 heteroatoms. The van der Waals surface area contributed by atoms with E-state index in [-0.39, 0.29) is 23.1 Å². The van der Waals surface area contributed by atoms with E-state index in [1.54, 1.807) is 25.1 Å². The Kier molecular flexibility index (Phi) is 8.86. The maximum Gasteiger partial charge on any atom is 0.335 e. The van der Waals surface area contributed by atoms with E-state index in [0.29, 0.717) is 23.2 Å². The Morgan fingerprint density at radius 1 is 1.05 bits per heavy atom. The molecule has 0 radical (unpaired) electrons. The molecule has 2 N–H and O–H groups in total. The molecule has 5 nitrogen and oxygen atoms in total. The molecule has 0 aliphatic carbocycles. The highest BCUT2D eigenvalue weighted by molar-refractivity contribution is 5.99. The van der Waals surface area contributed by atoms with Crippen LogP contribution in [0.15, 0.2) is 109 Å². The van der Waals surface area contributed by atoms with Crippen LogP contribution >= 0.6 is 0 Å². The number of rotatable bonds is 9. The number of aryl methyl sites for hydroxylation is 1. The van der Waals surface area contributed by atoms with Crippen LogP contribution in [0.2, 0.25) is 0 Å². The normalized spacial score (nSPS) is 14.3. The maximum atomic E-state index is 15.8. The standard InChI is InChI=1S/C37H35FN2O3/c1-4-5-14-33(37(42)43)24(2)32-15-8-12-31(35(32)38)23-40-20-9-13-29-22-30(18-19-34(29)40)36(41)39-25(3)27-17-16-26-10-6-7-11-28(26)21-27/h4-8,10-12,14-19,21-22,25H,1,9,13,20,23H2,2-3H3,(H,39,41)(H,42,43)/b14-5-,33-24-/t25-/m0/s1. The van der Waals surface area contributed by atoms with Crippen molar-refractivity contribution in [2.24, 2.45) is 0 Å². The monoisotopic (exact) mass is 574 g/mol. The zero-order valence-electron chi connectivity index (χ0n) is 24.4. The molecule has 0 aromatic heterocycles. The molecule has 1 atom stereocenters. The molecule has 43 heavy (non-hydrogen) atoms. The van der Waals surface area contributed by atoms with Crippen molar-refractivity contribution in [1.82, 2.24) is 5.32 Å². The lowest BCUT2D eigenvalue weighted by Gasteiger charge is -2.32. The minimum atomic E-state index is -1.13. The van der Waals surface area contributed by atoms with Crippen LogP contribution in [-0.2, 0) is 17.8 Å². The third kappa shape index (κ3) is 6.44. The predicted molar refractivity (Wildman–Crippen MR) is 172 cm³/mol. The third-order valence-electron chi connectivity index (χ3n) is 8.05. The van der Waals surface area contributed by atoms with Gasteiger partial charge in [0.1, 0.15) is 5.82 Å². The molecule has 4 aromatic rings. The van der Waals surface area contributed by atoms with E-state index in [4.69, 9.17) is 0 Å². The van der Waals surface area contributed by atoms with Crippen LogP contribution in [0.3, 0.4) is 0 Å². The minimum absolute atomic E-state index is 0.0139. The quantitative estimate of drug-likeness (QED) is 0.157. The van der Waals surface area contributed by atoms with Crippen molar-refractivity contribution in [3.05, 3.63) is 143 Å². The SMILES string of the molecule is C=C/C=C\C(C(=O)O)=C(/C)c1cccc(CN2CCCc3cc(C(=O)N[C@@H](C)c4ccc5ccccc5c4)ccc32)c1F. The highest BCUT2D eigenvalue weighted by Gasteiger charge is 2.22. The summed E-state index contributed by atoms with van der Waals surface area (Å²) in [5.74, 6) is -1.70. The zero-order valence-corrected chi connectivity index (χ0v) is 24.4. The van der Waals surface area contributed by atoms with Crippen LogP contribution in [-0.4, -0.2) is 23.5 Å². The maximum absolute atomic E-state index is 15.8. The molecule has 0 spiro atoms. The topological polar surface area (TPSA) is 69.6 Å². The lowest BCUT2D eigenvalue weighted by atomic mass is 9.96. The first-order valence-corrected chi connectivity index (χ1v) is 14.4. The average molecular weight is 575 g/mol. The molecule has 0 saturated carbocycles. The summed E-state index contributed by atoms with van der Waals surface area (Å²) in [6, 6.07) is 25.0. The van der Waals surface area contributed by atoms with Crippen LogP contribution < -0.4 is 10.2 Å². The molecule has 0 saturated heterocycles. The highest BCUT2D eigenvalue weighted by atomic mass is 19.1. The number of anilines is 1. The lowest BCUT2D eigenvalue weighted by Crippen LogP contribution is -2.30. The largest absolute Gasteiger partial charge is 0.478 e. The highest BCUT2D eigenvalue weighted by Crippen LogP contribution is 2.32. The smallest absolute Gasteiger partial charge is 0.335 e. The molecule has 0 fully saturated rings. The van der Waals surface area contributed by atoms with E-state index >= 15 is 4.39 Å². The van der Waals surface area contributed by atoms with Gasteiger partial charge >= 0.3 is 5.97 Å². The molecular formula is C37H35FN2O3. The van der Waals surface area contributed by atoms with Crippen molar-refractivity contribution in [3.8, 4) is 0 Å². The summed E-state index contributed by atoms with van der Waals surface area (Å²) >= 11 is 0. The number of halogens is 1. The Labute approximate surface area is 251 Å². The number of aliphatic carboxylic acids is 1. The third-order valence-corrected chi connectivity index (χ3v) is 8.05. The number of benzene rings is 4. The summed E-state index contributed by atoms with van der Waals surface area (Å²) in [6.45, 7) is 8.26. The number of fused-ring (bicyclic) bond motifs is 2. The van der Waals surface area contributed by atoms with Gasteiger partial charge in [0.15, 0.2) is 0 Å². The van der Waals surface area contributed by atoms with Crippen LogP contribution in [0.5, 0.6) is 0 Å². The first-order chi connectivity index (χ1) is 20.8. The molecule has 1 aliphatic heterocycles. The number of allylic oxidation sites excluding steroid dienone is 3. The van der Waals surface area contributed by atoms with Gasteiger partial charge in [0.05, 0.1) is 11.6 Å². The second-order valence-electron chi connectivity index (χ2n) is 10.9. The van der Waals surface area contributed by atoms with Gasteiger partial charge in [-0.25, -0.2) is 9.18 Å². The van der Waals surface area contributed by atoms with Gasteiger partial charge in [0, 0.05) is 35.5 Å². The number of nitrogens with zero attached hydrogens (tertiary/aromatic N) is 1. The fraction of sp³-hybridized carbons (Fsp3) is 0.189. The fourth-order valence-electron chi connectivity index (χ4n) is 5.68. The van der Waals surface area contributed by atoms with Crippen LogP contribution in [0.1, 0.15) is 58.9 Å². The molecule has 1 heterocycles. The molecule has 4 aromatic carbocycles. The average Bonchev–Trinajstić information content (AvgIpc) is 3.01.